The van der Waals surface area contributed by atoms with Crippen molar-refractivity contribution >= 4 is 0 Å². The molecule has 0 aromatic heterocycles. The zero-order chi connectivity index (χ0) is 11.8. The zero-order valence-corrected chi connectivity index (χ0v) is 9.45. The summed E-state index contributed by atoms with van der Waals surface area (Å²) in [5.41, 5.74) is 2.03. The van der Waals surface area contributed by atoms with Crippen LogP contribution in [0.1, 0.15) is 17.2 Å². The van der Waals surface area contributed by atoms with Crippen LogP contribution in [-0.2, 0) is 15.9 Å². The van der Waals surface area contributed by atoms with E-state index in [1.54, 1.807) is 0 Å². The van der Waals surface area contributed by atoms with Crippen molar-refractivity contribution in [3.05, 3.63) is 35.4 Å². The lowest BCUT2D eigenvalue weighted by Crippen LogP contribution is -2.40. The van der Waals surface area contributed by atoms with E-state index in [1.165, 1.54) is 0 Å². The van der Waals surface area contributed by atoms with Gasteiger partial charge in [-0.15, -0.1) is 0 Å². The summed E-state index contributed by atoms with van der Waals surface area (Å²) in [4.78, 5) is 0. The highest BCUT2D eigenvalue weighted by atomic mass is 16.6. The molecule has 2 aliphatic rings. The number of fused-ring (bicyclic) bond motifs is 1. The van der Waals surface area contributed by atoms with E-state index in [0.29, 0.717) is 13.0 Å². The third-order valence-corrected chi connectivity index (χ3v) is 3.36. The van der Waals surface area contributed by atoms with Crippen LogP contribution in [0.25, 0.3) is 0 Å². The van der Waals surface area contributed by atoms with Crippen molar-refractivity contribution in [3.63, 3.8) is 0 Å². The van der Waals surface area contributed by atoms with Crippen LogP contribution in [0.3, 0.4) is 0 Å². The Balaban J connectivity index is 1.82. The van der Waals surface area contributed by atoms with Crippen LogP contribution in [-0.4, -0.2) is 41.7 Å². The van der Waals surface area contributed by atoms with Crippen molar-refractivity contribution in [2.75, 3.05) is 13.2 Å². The first-order valence-electron chi connectivity index (χ1n) is 5.93. The number of ether oxygens (including phenoxy) is 2. The van der Waals surface area contributed by atoms with Crippen molar-refractivity contribution < 1.29 is 19.7 Å². The van der Waals surface area contributed by atoms with Gasteiger partial charge < -0.3 is 19.7 Å². The third-order valence-electron chi connectivity index (χ3n) is 3.36. The number of aliphatic hydroxyl groups excluding tert-OH is 2. The second kappa shape index (κ2) is 4.38. The van der Waals surface area contributed by atoms with Crippen molar-refractivity contribution in [1.82, 2.24) is 0 Å². The highest BCUT2D eigenvalue weighted by Crippen LogP contribution is 2.33. The Morgan fingerprint density at radius 1 is 1.29 bits per heavy atom. The molecule has 4 atom stereocenters. The zero-order valence-electron chi connectivity index (χ0n) is 9.45. The van der Waals surface area contributed by atoms with E-state index in [4.69, 9.17) is 9.47 Å². The molecule has 1 aromatic carbocycles. The van der Waals surface area contributed by atoms with E-state index in [0.717, 1.165) is 17.7 Å². The number of benzene rings is 1. The smallest absolute Gasteiger partial charge is 0.111 e. The molecule has 4 unspecified atom stereocenters. The average molecular weight is 236 g/mol. The summed E-state index contributed by atoms with van der Waals surface area (Å²) in [5.74, 6) is 0. The van der Waals surface area contributed by atoms with Gasteiger partial charge in [0.2, 0.25) is 0 Å². The molecule has 92 valence electrons. The summed E-state index contributed by atoms with van der Waals surface area (Å²) in [5, 5.41) is 19.8. The molecule has 17 heavy (non-hydrogen) atoms. The van der Waals surface area contributed by atoms with E-state index >= 15 is 0 Å². The Hall–Kier alpha value is -0.940. The predicted molar refractivity (Wildman–Crippen MR) is 60.6 cm³/mol. The Morgan fingerprint density at radius 3 is 2.82 bits per heavy atom. The largest absolute Gasteiger partial charge is 0.390 e. The van der Waals surface area contributed by atoms with Crippen molar-refractivity contribution in [2.24, 2.45) is 0 Å². The number of hydrogen-bond acceptors (Lipinski definition) is 4. The van der Waals surface area contributed by atoms with Gasteiger partial charge in [0.1, 0.15) is 18.3 Å². The van der Waals surface area contributed by atoms with Gasteiger partial charge in [-0.25, -0.2) is 0 Å². The number of hydrogen-bond donors (Lipinski definition) is 2. The summed E-state index contributed by atoms with van der Waals surface area (Å²) in [6.45, 7) is 1.20. The number of rotatable bonds is 3. The van der Waals surface area contributed by atoms with Crippen LogP contribution < -0.4 is 0 Å². The van der Waals surface area contributed by atoms with Gasteiger partial charge >= 0.3 is 0 Å². The maximum absolute atomic E-state index is 10.0. The Bertz CT molecular complexity index is 402. The van der Waals surface area contributed by atoms with Gasteiger partial charge in [0.25, 0.3) is 0 Å². The summed E-state index contributed by atoms with van der Waals surface area (Å²) >= 11 is 0. The first-order chi connectivity index (χ1) is 8.25. The highest BCUT2D eigenvalue weighted by Gasteiger charge is 2.36. The fourth-order valence-electron chi connectivity index (χ4n) is 2.29. The van der Waals surface area contributed by atoms with Crippen molar-refractivity contribution in [2.45, 2.75) is 30.8 Å². The molecule has 1 saturated heterocycles. The average Bonchev–Trinajstić information content (AvgIpc) is 3.14. The molecule has 1 aromatic rings. The normalized spacial score (nSPS) is 35.4. The minimum Gasteiger partial charge on any atom is -0.390 e. The second-order valence-electron chi connectivity index (χ2n) is 4.67. The standard InChI is InChI=1S/C13H16O4/c14-11-5-8-3-1-2-4-10(8)13(12(11)15)17-7-9-6-16-9/h1-4,9,11-15H,5-7H2. The molecule has 4 heteroatoms. The molecule has 1 aliphatic carbocycles. The third kappa shape index (κ3) is 2.21. The first kappa shape index (κ1) is 11.2. The summed E-state index contributed by atoms with van der Waals surface area (Å²) in [6, 6.07) is 7.77. The summed E-state index contributed by atoms with van der Waals surface area (Å²) < 4.78 is 10.8. The predicted octanol–water partition coefficient (Wildman–Crippen LogP) is 0.421. The highest BCUT2D eigenvalue weighted by molar-refractivity contribution is 5.33. The fourth-order valence-corrected chi connectivity index (χ4v) is 2.29. The number of aliphatic hydroxyl groups is 2. The van der Waals surface area contributed by atoms with E-state index in [1.807, 2.05) is 24.3 Å². The quantitative estimate of drug-likeness (QED) is 0.747. The molecule has 4 nitrogen and oxygen atoms in total. The van der Waals surface area contributed by atoms with Gasteiger partial charge in [-0.2, -0.15) is 0 Å². The molecular weight excluding hydrogens is 220 g/mol. The molecule has 1 heterocycles. The first-order valence-corrected chi connectivity index (χ1v) is 5.93. The second-order valence-corrected chi connectivity index (χ2v) is 4.67. The Labute approximate surface area is 99.8 Å². The molecule has 0 saturated carbocycles. The van der Waals surface area contributed by atoms with Gasteiger partial charge in [-0.05, 0) is 11.1 Å². The van der Waals surface area contributed by atoms with Gasteiger partial charge in [0, 0.05) is 6.42 Å². The van der Waals surface area contributed by atoms with Crippen LogP contribution in [0.4, 0.5) is 0 Å². The molecule has 0 radical (unpaired) electrons. The molecular formula is C13H16O4. The minimum absolute atomic E-state index is 0.161. The van der Waals surface area contributed by atoms with Crippen LogP contribution in [0, 0.1) is 0 Å². The van der Waals surface area contributed by atoms with Gasteiger partial charge in [0.05, 0.1) is 19.3 Å². The molecule has 0 bridgehead atoms. The van der Waals surface area contributed by atoms with E-state index < -0.39 is 18.3 Å². The van der Waals surface area contributed by atoms with Gasteiger partial charge in [-0.1, -0.05) is 24.3 Å². The summed E-state index contributed by atoms with van der Waals surface area (Å²) in [6.07, 6.45) is -1.41. The molecule has 2 N–H and O–H groups in total. The minimum atomic E-state index is -0.858. The maximum Gasteiger partial charge on any atom is 0.111 e. The van der Waals surface area contributed by atoms with Crippen molar-refractivity contribution in [1.29, 1.82) is 0 Å². The lowest BCUT2D eigenvalue weighted by molar-refractivity contribution is -0.102. The molecule has 1 fully saturated rings. The monoisotopic (exact) mass is 236 g/mol. The van der Waals surface area contributed by atoms with Gasteiger partial charge in [0.15, 0.2) is 0 Å². The van der Waals surface area contributed by atoms with E-state index in [-0.39, 0.29) is 6.10 Å². The maximum atomic E-state index is 10.0. The lowest BCUT2D eigenvalue weighted by atomic mass is 9.85. The van der Waals surface area contributed by atoms with Crippen LogP contribution in [0.15, 0.2) is 24.3 Å². The molecule has 0 amide bonds. The number of epoxide rings is 1. The van der Waals surface area contributed by atoms with Crippen molar-refractivity contribution in [3.8, 4) is 0 Å². The SMILES string of the molecule is OC1Cc2ccccc2C(OCC2CO2)C1O. The van der Waals surface area contributed by atoms with Crippen LogP contribution >= 0.6 is 0 Å². The van der Waals surface area contributed by atoms with E-state index in [9.17, 15) is 10.2 Å². The Morgan fingerprint density at radius 2 is 2.06 bits per heavy atom. The van der Waals surface area contributed by atoms with Gasteiger partial charge in [-0.3, -0.25) is 0 Å². The molecule has 3 rings (SSSR count). The lowest BCUT2D eigenvalue weighted by Gasteiger charge is -2.33. The van der Waals surface area contributed by atoms with Crippen LogP contribution in [0.2, 0.25) is 0 Å². The fraction of sp³-hybridized carbons (Fsp3) is 0.538. The molecule has 1 aliphatic heterocycles. The Kier molecular flexibility index (Phi) is 2.88. The molecule has 0 spiro atoms. The van der Waals surface area contributed by atoms with Crippen LogP contribution in [0.5, 0.6) is 0 Å². The summed E-state index contributed by atoms with van der Waals surface area (Å²) in [7, 11) is 0. The van der Waals surface area contributed by atoms with E-state index in [2.05, 4.69) is 0 Å². The topological polar surface area (TPSA) is 62.2 Å².